The minimum Gasteiger partial charge on any atom is -0.433 e. The SMILES string of the molecule is NC1(NC(=O)C2(OC(=O)NCc3ccccc3)CCCCC2)CCN(Cc2c(F)c(F)c(F)c(F)c2F)C1. The summed E-state index contributed by atoms with van der Waals surface area (Å²) >= 11 is 0. The fourth-order valence-corrected chi connectivity index (χ4v) is 4.99. The molecule has 2 aromatic carbocycles. The van der Waals surface area contributed by atoms with E-state index < -0.39 is 64.5 Å². The summed E-state index contributed by atoms with van der Waals surface area (Å²) in [6, 6.07) is 9.17. The van der Waals surface area contributed by atoms with Crippen molar-refractivity contribution < 1.29 is 36.3 Å². The molecule has 2 amide bonds. The van der Waals surface area contributed by atoms with Crippen molar-refractivity contribution in [2.24, 2.45) is 5.73 Å². The van der Waals surface area contributed by atoms with Crippen molar-refractivity contribution in [1.29, 1.82) is 0 Å². The Hall–Kier alpha value is -3.25. The first kappa shape index (κ1) is 27.8. The van der Waals surface area contributed by atoms with E-state index in [1.807, 2.05) is 30.3 Å². The van der Waals surface area contributed by atoms with E-state index in [1.165, 1.54) is 4.90 Å². The van der Waals surface area contributed by atoms with Crippen LogP contribution >= 0.6 is 0 Å². The van der Waals surface area contributed by atoms with Crippen molar-refractivity contribution in [3.05, 3.63) is 70.5 Å². The first-order chi connectivity index (χ1) is 18.0. The molecule has 12 heteroatoms. The molecule has 1 atom stereocenters. The van der Waals surface area contributed by atoms with E-state index in [2.05, 4.69) is 10.6 Å². The first-order valence-corrected chi connectivity index (χ1v) is 12.4. The highest BCUT2D eigenvalue weighted by Gasteiger charge is 2.47. The predicted octanol–water partition coefficient (Wildman–Crippen LogP) is 3.99. The van der Waals surface area contributed by atoms with E-state index in [0.29, 0.717) is 25.7 Å². The summed E-state index contributed by atoms with van der Waals surface area (Å²) < 4.78 is 74.5. The van der Waals surface area contributed by atoms with Crippen LogP contribution in [-0.2, 0) is 22.6 Å². The van der Waals surface area contributed by atoms with Gasteiger partial charge in [0.2, 0.25) is 5.82 Å². The zero-order chi connectivity index (χ0) is 27.5. The lowest BCUT2D eigenvalue weighted by Gasteiger charge is -2.38. The van der Waals surface area contributed by atoms with Crippen LogP contribution in [0.3, 0.4) is 0 Å². The van der Waals surface area contributed by atoms with E-state index in [1.54, 1.807) is 0 Å². The van der Waals surface area contributed by atoms with Gasteiger partial charge in [-0.2, -0.15) is 0 Å². The molecule has 1 saturated carbocycles. The van der Waals surface area contributed by atoms with Gasteiger partial charge in [-0.1, -0.05) is 36.8 Å². The minimum absolute atomic E-state index is 0.117. The zero-order valence-electron chi connectivity index (χ0n) is 20.6. The van der Waals surface area contributed by atoms with Gasteiger partial charge in [-0.15, -0.1) is 0 Å². The third-order valence-corrected chi connectivity index (χ3v) is 7.07. The summed E-state index contributed by atoms with van der Waals surface area (Å²) in [5.41, 5.74) is 3.44. The monoisotopic (exact) mass is 540 g/mol. The van der Waals surface area contributed by atoms with Crippen LogP contribution in [0, 0.1) is 29.1 Å². The molecule has 0 radical (unpaired) electrons. The highest BCUT2D eigenvalue weighted by Crippen LogP contribution is 2.33. The van der Waals surface area contributed by atoms with Crippen molar-refractivity contribution in [2.45, 2.75) is 62.9 Å². The maximum absolute atomic E-state index is 14.1. The lowest BCUT2D eigenvalue weighted by molar-refractivity contribution is -0.145. The van der Waals surface area contributed by atoms with Gasteiger partial charge < -0.3 is 21.1 Å². The molecule has 206 valence electrons. The van der Waals surface area contributed by atoms with Gasteiger partial charge in [-0.25, -0.2) is 26.7 Å². The van der Waals surface area contributed by atoms with E-state index >= 15 is 0 Å². The van der Waals surface area contributed by atoms with Crippen LogP contribution in [0.4, 0.5) is 26.7 Å². The number of hydrogen-bond donors (Lipinski definition) is 3. The summed E-state index contributed by atoms with van der Waals surface area (Å²) in [4.78, 5) is 27.4. The average Bonchev–Trinajstić information content (AvgIpc) is 3.28. The standard InChI is InChI=1S/C26H29F5N4O3/c27-18-17(19(28)21(30)22(31)20(18)29)14-35-12-11-26(32,15-35)34-23(36)25(9-5-2-6-10-25)38-24(37)33-13-16-7-3-1-4-8-16/h1,3-4,7-8H,2,5-6,9-15,32H2,(H,33,37)(H,34,36). The Balaban J connectivity index is 1.41. The number of ether oxygens (including phenoxy) is 1. The van der Waals surface area contributed by atoms with Gasteiger partial charge in [0.1, 0.15) is 5.66 Å². The number of hydrogen-bond acceptors (Lipinski definition) is 5. The van der Waals surface area contributed by atoms with Crippen LogP contribution in [0.25, 0.3) is 0 Å². The van der Waals surface area contributed by atoms with Crippen LogP contribution in [0.15, 0.2) is 30.3 Å². The Labute approximate surface area is 216 Å². The van der Waals surface area contributed by atoms with Gasteiger partial charge in [-0.3, -0.25) is 9.69 Å². The molecule has 0 bridgehead atoms. The molecule has 1 unspecified atom stereocenters. The Bertz CT molecular complexity index is 1160. The van der Waals surface area contributed by atoms with Gasteiger partial charge >= 0.3 is 6.09 Å². The van der Waals surface area contributed by atoms with Crippen molar-refractivity contribution in [3.8, 4) is 0 Å². The van der Waals surface area contributed by atoms with Gasteiger partial charge in [0, 0.05) is 31.7 Å². The number of benzene rings is 2. The molecule has 2 fully saturated rings. The normalized spacial score (nSPS) is 21.2. The Kier molecular flexibility index (Phi) is 8.22. The fraction of sp³-hybridized carbons (Fsp3) is 0.462. The van der Waals surface area contributed by atoms with Crippen LogP contribution in [-0.4, -0.2) is 41.3 Å². The van der Waals surface area contributed by atoms with E-state index in [-0.39, 0.29) is 26.1 Å². The van der Waals surface area contributed by atoms with Crippen molar-refractivity contribution in [2.75, 3.05) is 13.1 Å². The summed E-state index contributed by atoms with van der Waals surface area (Å²) in [5, 5.41) is 5.37. The number of carbonyl (C=O) groups excluding carboxylic acids is 2. The molecule has 1 saturated heterocycles. The quantitative estimate of drug-likeness (QED) is 0.214. The molecule has 0 spiro atoms. The molecule has 1 aliphatic heterocycles. The highest BCUT2D eigenvalue weighted by atomic mass is 19.2. The maximum atomic E-state index is 14.1. The molecule has 1 heterocycles. The van der Waals surface area contributed by atoms with Crippen LogP contribution in [0.5, 0.6) is 0 Å². The summed E-state index contributed by atoms with van der Waals surface area (Å²) in [6.07, 6.45) is 2.16. The van der Waals surface area contributed by atoms with E-state index in [0.717, 1.165) is 12.0 Å². The van der Waals surface area contributed by atoms with E-state index in [4.69, 9.17) is 10.5 Å². The third kappa shape index (κ3) is 5.91. The van der Waals surface area contributed by atoms with Crippen molar-refractivity contribution >= 4 is 12.0 Å². The number of nitrogens with two attached hydrogens (primary N) is 1. The van der Waals surface area contributed by atoms with Gasteiger partial charge in [0.05, 0.1) is 0 Å². The smallest absolute Gasteiger partial charge is 0.408 e. The summed E-state index contributed by atoms with van der Waals surface area (Å²) in [6.45, 7) is -0.370. The molecule has 4 N–H and O–H groups in total. The summed E-state index contributed by atoms with van der Waals surface area (Å²) in [5.74, 6) is -10.7. The molecule has 1 aliphatic carbocycles. The molecule has 38 heavy (non-hydrogen) atoms. The number of alkyl carbamates (subject to hydrolysis) is 1. The average molecular weight is 541 g/mol. The highest BCUT2D eigenvalue weighted by molar-refractivity contribution is 5.88. The number of nitrogens with one attached hydrogen (secondary N) is 2. The molecule has 2 aliphatic rings. The van der Waals surface area contributed by atoms with Crippen LogP contribution in [0.1, 0.15) is 49.7 Å². The van der Waals surface area contributed by atoms with Crippen LogP contribution in [0.2, 0.25) is 0 Å². The fourth-order valence-electron chi connectivity index (χ4n) is 4.99. The minimum atomic E-state index is -2.23. The van der Waals surface area contributed by atoms with Crippen LogP contribution < -0.4 is 16.4 Å². The Morgan fingerprint density at radius 3 is 2.13 bits per heavy atom. The topological polar surface area (TPSA) is 96.7 Å². The first-order valence-electron chi connectivity index (χ1n) is 12.4. The maximum Gasteiger partial charge on any atom is 0.408 e. The number of carbonyl (C=O) groups is 2. The van der Waals surface area contributed by atoms with Gasteiger partial charge in [0.15, 0.2) is 28.9 Å². The second-order valence-electron chi connectivity index (χ2n) is 9.90. The molecular formula is C26H29F5N4O3. The lowest BCUT2D eigenvalue weighted by Crippen LogP contribution is -2.63. The Morgan fingerprint density at radius 2 is 1.50 bits per heavy atom. The molecule has 7 nitrogen and oxygen atoms in total. The number of rotatable bonds is 7. The Morgan fingerprint density at radius 1 is 0.895 bits per heavy atom. The van der Waals surface area contributed by atoms with Crippen molar-refractivity contribution in [1.82, 2.24) is 15.5 Å². The molecule has 2 aromatic rings. The molecular weight excluding hydrogens is 511 g/mol. The second-order valence-corrected chi connectivity index (χ2v) is 9.90. The van der Waals surface area contributed by atoms with E-state index in [9.17, 15) is 31.5 Å². The predicted molar refractivity (Wildman–Crippen MR) is 127 cm³/mol. The molecule has 0 aromatic heterocycles. The molecule has 4 rings (SSSR count). The van der Waals surface area contributed by atoms with Gasteiger partial charge in [0.25, 0.3) is 5.91 Å². The number of amides is 2. The number of likely N-dealkylation sites (tertiary alicyclic amines) is 1. The van der Waals surface area contributed by atoms with Crippen molar-refractivity contribution in [3.63, 3.8) is 0 Å². The van der Waals surface area contributed by atoms with Gasteiger partial charge in [-0.05, 0) is 37.7 Å². The number of halogens is 5. The number of nitrogens with zero attached hydrogens (tertiary/aromatic N) is 1. The lowest BCUT2D eigenvalue weighted by atomic mass is 9.83. The largest absolute Gasteiger partial charge is 0.433 e. The zero-order valence-corrected chi connectivity index (χ0v) is 20.6. The summed E-state index contributed by atoms with van der Waals surface area (Å²) in [7, 11) is 0. The third-order valence-electron chi connectivity index (χ3n) is 7.07. The second kappa shape index (κ2) is 11.2.